The van der Waals surface area contributed by atoms with Gasteiger partial charge in [0.1, 0.15) is 6.61 Å². The third-order valence-corrected chi connectivity index (χ3v) is 3.62. The molecule has 0 radical (unpaired) electrons. The van der Waals surface area contributed by atoms with E-state index in [1.807, 2.05) is 0 Å². The highest BCUT2D eigenvalue weighted by molar-refractivity contribution is 5.69. The number of nitrogens with two attached hydrogens (primary N) is 2. The molecule has 1 aromatic carbocycles. The molecular weight excluding hydrogens is 240 g/mol. The predicted octanol–water partition coefficient (Wildman–Crippen LogP) is 2.86. The Kier molecular flexibility index (Phi) is 4.66. The monoisotopic (exact) mass is 262 g/mol. The zero-order valence-corrected chi connectivity index (χ0v) is 11.2. The van der Waals surface area contributed by atoms with Crippen molar-refractivity contribution >= 4 is 17.3 Å². The average Bonchev–Trinajstić information content (AvgIpc) is 2.36. The molecule has 0 saturated heterocycles. The van der Waals surface area contributed by atoms with Crippen molar-refractivity contribution in [2.24, 2.45) is 5.92 Å². The van der Waals surface area contributed by atoms with Crippen molar-refractivity contribution in [3.05, 3.63) is 23.8 Å². The summed E-state index contributed by atoms with van der Waals surface area (Å²) in [6, 6.07) is 5.25. The second-order valence-electron chi connectivity index (χ2n) is 5.38. The SMILES string of the molecule is Nc1cc(N)cc(COC(=O)CC2CCCCC2)c1. The Hall–Kier alpha value is -1.71. The standard InChI is InChI=1S/C15H22N2O2/c16-13-6-12(7-14(17)9-13)10-19-15(18)8-11-4-2-1-3-5-11/h6-7,9,11H,1-5,8,10,16-17H2. The van der Waals surface area contributed by atoms with Crippen LogP contribution in [0.5, 0.6) is 0 Å². The molecule has 1 aromatic rings. The molecule has 4 nitrogen and oxygen atoms in total. The van der Waals surface area contributed by atoms with E-state index in [4.69, 9.17) is 16.2 Å². The zero-order chi connectivity index (χ0) is 13.7. The molecular formula is C15H22N2O2. The largest absolute Gasteiger partial charge is 0.461 e. The number of hydrogen-bond acceptors (Lipinski definition) is 4. The summed E-state index contributed by atoms with van der Waals surface area (Å²) in [5.41, 5.74) is 13.4. The van der Waals surface area contributed by atoms with E-state index in [1.54, 1.807) is 18.2 Å². The van der Waals surface area contributed by atoms with Crippen molar-refractivity contribution in [3.8, 4) is 0 Å². The maximum absolute atomic E-state index is 11.8. The minimum Gasteiger partial charge on any atom is -0.461 e. The number of carbonyl (C=O) groups excluding carboxylic acids is 1. The van der Waals surface area contributed by atoms with Gasteiger partial charge in [0, 0.05) is 17.8 Å². The first-order valence-corrected chi connectivity index (χ1v) is 6.94. The number of ether oxygens (including phenoxy) is 1. The number of anilines is 2. The summed E-state index contributed by atoms with van der Waals surface area (Å²) in [5.74, 6) is 0.389. The Morgan fingerprint density at radius 3 is 2.37 bits per heavy atom. The van der Waals surface area contributed by atoms with Crippen molar-refractivity contribution in [2.75, 3.05) is 11.5 Å². The maximum atomic E-state index is 11.8. The fraction of sp³-hybridized carbons (Fsp3) is 0.533. The van der Waals surface area contributed by atoms with Crippen LogP contribution in [0.1, 0.15) is 44.1 Å². The van der Waals surface area contributed by atoms with Crippen LogP contribution in [-0.2, 0) is 16.1 Å². The van der Waals surface area contributed by atoms with E-state index in [9.17, 15) is 4.79 Å². The first-order valence-electron chi connectivity index (χ1n) is 6.94. The molecule has 4 heteroatoms. The van der Waals surface area contributed by atoms with E-state index in [2.05, 4.69) is 0 Å². The van der Waals surface area contributed by atoms with Crippen LogP contribution in [0.25, 0.3) is 0 Å². The van der Waals surface area contributed by atoms with E-state index in [0.717, 1.165) is 18.4 Å². The van der Waals surface area contributed by atoms with Gasteiger partial charge in [-0.25, -0.2) is 0 Å². The minimum absolute atomic E-state index is 0.118. The van der Waals surface area contributed by atoms with Gasteiger partial charge in [0.05, 0.1) is 0 Å². The third kappa shape index (κ3) is 4.47. The lowest BCUT2D eigenvalue weighted by atomic mass is 9.87. The van der Waals surface area contributed by atoms with Gasteiger partial charge in [-0.15, -0.1) is 0 Å². The van der Waals surface area contributed by atoms with E-state index in [0.29, 0.717) is 23.7 Å². The number of benzene rings is 1. The topological polar surface area (TPSA) is 78.3 Å². The number of carbonyl (C=O) groups is 1. The molecule has 1 aliphatic carbocycles. The Labute approximate surface area is 114 Å². The zero-order valence-electron chi connectivity index (χ0n) is 11.2. The van der Waals surface area contributed by atoms with Crippen molar-refractivity contribution in [2.45, 2.75) is 45.1 Å². The van der Waals surface area contributed by atoms with Crippen LogP contribution in [-0.4, -0.2) is 5.97 Å². The van der Waals surface area contributed by atoms with Gasteiger partial charge in [0.25, 0.3) is 0 Å². The minimum atomic E-state index is -0.118. The van der Waals surface area contributed by atoms with Crippen LogP contribution < -0.4 is 11.5 Å². The normalized spacial score (nSPS) is 16.2. The van der Waals surface area contributed by atoms with E-state index in [1.165, 1.54) is 19.3 Å². The molecule has 2 rings (SSSR count). The molecule has 0 atom stereocenters. The van der Waals surface area contributed by atoms with Crippen LogP contribution in [0.4, 0.5) is 11.4 Å². The van der Waals surface area contributed by atoms with Crippen molar-refractivity contribution < 1.29 is 9.53 Å². The van der Waals surface area contributed by atoms with Crippen LogP contribution in [0, 0.1) is 5.92 Å². The Balaban J connectivity index is 1.79. The highest BCUT2D eigenvalue weighted by Gasteiger charge is 2.17. The lowest BCUT2D eigenvalue weighted by Crippen LogP contribution is -2.14. The van der Waals surface area contributed by atoms with Gasteiger partial charge >= 0.3 is 5.97 Å². The fourth-order valence-electron chi connectivity index (χ4n) is 2.68. The summed E-state index contributed by atoms with van der Waals surface area (Å²) in [4.78, 5) is 11.8. The van der Waals surface area contributed by atoms with Gasteiger partial charge in [-0.05, 0) is 42.5 Å². The number of rotatable bonds is 4. The van der Waals surface area contributed by atoms with Gasteiger partial charge in [-0.2, -0.15) is 0 Å². The highest BCUT2D eigenvalue weighted by Crippen LogP contribution is 2.26. The molecule has 104 valence electrons. The Bertz CT molecular complexity index is 420. The van der Waals surface area contributed by atoms with Crippen LogP contribution in [0.15, 0.2) is 18.2 Å². The quantitative estimate of drug-likeness (QED) is 0.646. The van der Waals surface area contributed by atoms with Gasteiger partial charge < -0.3 is 16.2 Å². The summed E-state index contributed by atoms with van der Waals surface area (Å²) < 4.78 is 5.29. The molecule has 1 aliphatic rings. The third-order valence-electron chi connectivity index (χ3n) is 3.62. The molecule has 1 saturated carbocycles. The molecule has 0 heterocycles. The maximum Gasteiger partial charge on any atom is 0.306 e. The summed E-state index contributed by atoms with van der Waals surface area (Å²) in [6.45, 7) is 0.251. The van der Waals surface area contributed by atoms with Gasteiger partial charge in [-0.1, -0.05) is 19.3 Å². The molecule has 0 spiro atoms. The Morgan fingerprint density at radius 1 is 1.11 bits per heavy atom. The van der Waals surface area contributed by atoms with Gasteiger partial charge in [0.15, 0.2) is 0 Å². The number of nitrogen functional groups attached to an aromatic ring is 2. The molecule has 0 bridgehead atoms. The Morgan fingerprint density at radius 2 is 1.74 bits per heavy atom. The van der Waals surface area contributed by atoms with E-state index < -0.39 is 0 Å². The predicted molar refractivity (Wildman–Crippen MR) is 76.3 cm³/mol. The second-order valence-corrected chi connectivity index (χ2v) is 5.38. The molecule has 1 fully saturated rings. The van der Waals surface area contributed by atoms with Gasteiger partial charge in [-0.3, -0.25) is 4.79 Å². The molecule has 0 unspecified atom stereocenters. The van der Waals surface area contributed by atoms with Crippen LogP contribution in [0.3, 0.4) is 0 Å². The lowest BCUT2D eigenvalue weighted by molar-refractivity contribution is -0.146. The summed E-state index contributed by atoms with van der Waals surface area (Å²) >= 11 is 0. The molecule has 0 aliphatic heterocycles. The van der Waals surface area contributed by atoms with Crippen molar-refractivity contribution in [3.63, 3.8) is 0 Å². The first-order chi connectivity index (χ1) is 9.13. The van der Waals surface area contributed by atoms with E-state index >= 15 is 0 Å². The molecule has 0 amide bonds. The highest BCUT2D eigenvalue weighted by atomic mass is 16.5. The van der Waals surface area contributed by atoms with Crippen molar-refractivity contribution in [1.29, 1.82) is 0 Å². The average molecular weight is 262 g/mol. The van der Waals surface area contributed by atoms with Crippen molar-refractivity contribution in [1.82, 2.24) is 0 Å². The first kappa shape index (κ1) is 13.7. The number of esters is 1. The van der Waals surface area contributed by atoms with E-state index in [-0.39, 0.29) is 12.6 Å². The van der Waals surface area contributed by atoms with Crippen LogP contribution >= 0.6 is 0 Å². The molecule has 19 heavy (non-hydrogen) atoms. The summed E-state index contributed by atoms with van der Waals surface area (Å²) in [6.07, 6.45) is 6.62. The summed E-state index contributed by atoms with van der Waals surface area (Å²) in [5, 5.41) is 0. The fourth-order valence-corrected chi connectivity index (χ4v) is 2.68. The van der Waals surface area contributed by atoms with Crippen LogP contribution in [0.2, 0.25) is 0 Å². The smallest absolute Gasteiger partial charge is 0.306 e. The number of hydrogen-bond donors (Lipinski definition) is 2. The molecule has 0 aromatic heterocycles. The lowest BCUT2D eigenvalue weighted by Gasteiger charge is -2.20. The second kappa shape index (κ2) is 6.45. The van der Waals surface area contributed by atoms with Gasteiger partial charge in [0.2, 0.25) is 0 Å². The molecule has 4 N–H and O–H groups in total. The summed E-state index contributed by atoms with van der Waals surface area (Å²) in [7, 11) is 0.